The van der Waals surface area contributed by atoms with Gasteiger partial charge in [-0.05, 0) is 13.3 Å². The molecule has 0 aliphatic carbocycles. The van der Waals surface area contributed by atoms with Gasteiger partial charge in [-0.25, -0.2) is 9.78 Å². The minimum Gasteiger partial charge on any atom is -0.464 e. The van der Waals surface area contributed by atoms with Crippen LogP contribution in [-0.4, -0.2) is 22.1 Å². The predicted octanol–water partition coefficient (Wildman–Crippen LogP) is 1.37. The van der Waals surface area contributed by atoms with E-state index in [9.17, 15) is 4.79 Å². The van der Waals surface area contributed by atoms with Crippen molar-refractivity contribution in [3.05, 3.63) is 12.5 Å². The highest BCUT2D eigenvalue weighted by molar-refractivity contribution is 5.74. The van der Waals surface area contributed by atoms with Crippen LogP contribution in [0.3, 0.4) is 0 Å². The Bertz CT molecular complexity index is 322. The molecule has 84 valence electrons. The van der Waals surface area contributed by atoms with Crippen molar-refractivity contribution in [2.45, 2.75) is 32.7 Å². The molecule has 0 spiro atoms. The lowest BCUT2D eigenvalue weighted by atomic mass is 10.1. The second kappa shape index (κ2) is 5.38. The maximum Gasteiger partial charge on any atom is 0.329 e. The molecule has 1 rings (SSSR count). The smallest absolute Gasteiger partial charge is 0.329 e. The molecule has 2 N–H and O–H groups in total. The zero-order valence-electron chi connectivity index (χ0n) is 9.14. The first-order valence-electron chi connectivity index (χ1n) is 5.14. The van der Waals surface area contributed by atoms with Gasteiger partial charge in [-0.1, -0.05) is 13.3 Å². The first-order chi connectivity index (χ1) is 7.19. The summed E-state index contributed by atoms with van der Waals surface area (Å²) in [5.74, 6) is 0.192. The summed E-state index contributed by atoms with van der Waals surface area (Å²) < 4.78 is 6.70. The van der Waals surface area contributed by atoms with Crippen LogP contribution < -0.4 is 5.73 Å². The Labute approximate surface area is 89.2 Å². The predicted molar refractivity (Wildman–Crippen MR) is 57.2 cm³/mol. The highest BCUT2D eigenvalue weighted by Crippen LogP contribution is 2.16. The van der Waals surface area contributed by atoms with E-state index in [1.165, 1.54) is 0 Å². The number of carbonyl (C=O) groups is 1. The summed E-state index contributed by atoms with van der Waals surface area (Å²) in [4.78, 5) is 15.5. The van der Waals surface area contributed by atoms with E-state index in [4.69, 9.17) is 10.5 Å². The van der Waals surface area contributed by atoms with Gasteiger partial charge in [-0.2, -0.15) is 0 Å². The van der Waals surface area contributed by atoms with Crippen LogP contribution in [0.4, 0.5) is 5.82 Å². The fourth-order valence-electron chi connectivity index (χ4n) is 1.42. The molecule has 0 amide bonds. The Morgan fingerprint density at radius 1 is 1.67 bits per heavy atom. The van der Waals surface area contributed by atoms with Crippen molar-refractivity contribution < 1.29 is 9.53 Å². The maximum absolute atomic E-state index is 11.6. The molecule has 1 aromatic rings. The summed E-state index contributed by atoms with van der Waals surface area (Å²) in [5.41, 5.74) is 5.50. The summed E-state index contributed by atoms with van der Waals surface area (Å²) in [6, 6.07) is -0.306. The number of nitrogen functional groups attached to an aromatic ring is 1. The van der Waals surface area contributed by atoms with Crippen LogP contribution in [0.1, 0.15) is 32.7 Å². The van der Waals surface area contributed by atoms with Crippen molar-refractivity contribution >= 4 is 11.8 Å². The Hall–Kier alpha value is -1.52. The van der Waals surface area contributed by atoms with Gasteiger partial charge in [0, 0.05) is 6.20 Å². The van der Waals surface area contributed by atoms with Crippen LogP contribution in [0.2, 0.25) is 0 Å². The molecule has 0 aliphatic heterocycles. The van der Waals surface area contributed by atoms with Gasteiger partial charge in [0.25, 0.3) is 0 Å². The van der Waals surface area contributed by atoms with E-state index >= 15 is 0 Å². The van der Waals surface area contributed by atoms with Crippen LogP contribution in [-0.2, 0) is 9.53 Å². The molecule has 5 heteroatoms. The molecule has 0 radical (unpaired) electrons. The minimum absolute atomic E-state index is 0.225. The number of hydrogen-bond donors (Lipinski definition) is 1. The second-order valence-corrected chi connectivity index (χ2v) is 3.30. The van der Waals surface area contributed by atoms with Crippen molar-refractivity contribution in [2.24, 2.45) is 0 Å². The number of imidazole rings is 1. The number of anilines is 1. The highest BCUT2D eigenvalue weighted by atomic mass is 16.5. The Kier molecular flexibility index (Phi) is 4.15. The van der Waals surface area contributed by atoms with E-state index in [1.54, 1.807) is 24.0 Å². The summed E-state index contributed by atoms with van der Waals surface area (Å²) in [7, 11) is 0. The summed E-state index contributed by atoms with van der Waals surface area (Å²) in [5, 5.41) is 0. The third kappa shape index (κ3) is 2.97. The average Bonchev–Trinajstić information content (AvgIpc) is 2.61. The zero-order chi connectivity index (χ0) is 11.3. The van der Waals surface area contributed by atoms with Crippen molar-refractivity contribution in [2.75, 3.05) is 12.3 Å². The third-order valence-corrected chi connectivity index (χ3v) is 2.10. The van der Waals surface area contributed by atoms with Gasteiger partial charge >= 0.3 is 5.97 Å². The Morgan fingerprint density at radius 3 is 2.87 bits per heavy atom. The monoisotopic (exact) mass is 211 g/mol. The lowest BCUT2D eigenvalue weighted by Gasteiger charge is -2.15. The lowest BCUT2D eigenvalue weighted by Crippen LogP contribution is -2.21. The SMILES string of the molecule is CCCC(C(=O)OCC)n1cnc(N)c1. The largest absolute Gasteiger partial charge is 0.464 e. The minimum atomic E-state index is -0.306. The van der Waals surface area contributed by atoms with Crippen LogP contribution in [0.25, 0.3) is 0 Å². The van der Waals surface area contributed by atoms with E-state index < -0.39 is 0 Å². The molecule has 0 aromatic carbocycles. The standard InChI is InChI=1S/C10H17N3O2/c1-3-5-8(10(14)15-4-2)13-6-9(11)12-7-13/h6-8H,3-5,11H2,1-2H3. The summed E-state index contributed by atoms with van der Waals surface area (Å²) in [6.07, 6.45) is 4.85. The fourth-order valence-corrected chi connectivity index (χ4v) is 1.42. The van der Waals surface area contributed by atoms with Gasteiger partial charge in [0.15, 0.2) is 0 Å². The van der Waals surface area contributed by atoms with E-state index in [0.29, 0.717) is 12.4 Å². The molecule has 1 unspecified atom stereocenters. The number of nitrogens with two attached hydrogens (primary N) is 1. The van der Waals surface area contributed by atoms with E-state index in [1.807, 2.05) is 6.92 Å². The molecule has 5 nitrogen and oxygen atoms in total. The Morgan fingerprint density at radius 2 is 2.40 bits per heavy atom. The van der Waals surface area contributed by atoms with Gasteiger partial charge in [0.2, 0.25) is 0 Å². The van der Waals surface area contributed by atoms with Crippen LogP contribution in [0, 0.1) is 0 Å². The molecule has 1 atom stereocenters. The Balaban J connectivity index is 2.77. The molecular formula is C10H17N3O2. The first-order valence-corrected chi connectivity index (χ1v) is 5.14. The van der Waals surface area contributed by atoms with Crippen LogP contribution in [0.5, 0.6) is 0 Å². The normalized spacial score (nSPS) is 12.4. The van der Waals surface area contributed by atoms with Gasteiger partial charge in [0.1, 0.15) is 11.9 Å². The number of carbonyl (C=O) groups excluding carboxylic acids is 1. The fraction of sp³-hybridized carbons (Fsp3) is 0.600. The highest BCUT2D eigenvalue weighted by Gasteiger charge is 2.20. The van der Waals surface area contributed by atoms with Crippen molar-refractivity contribution in [3.63, 3.8) is 0 Å². The van der Waals surface area contributed by atoms with Crippen molar-refractivity contribution in [1.29, 1.82) is 0 Å². The molecule has 0 aliphatic rings. The molecule has 0 fully saturated rings. The number of aromatic nitrogens is 2. The summed E-state index contributed by atoms with van der Waals surface area (Å²) >= 11 is 0. The molecule has 0 saturated heterocycles. The van der Waals surface area contributed by atoms with Gasteiger partial charge in [-0.15, -0.1) is 0 Å². The molecule has 15 heavy (non-hydrogen) atoms. The molecule has 1 heterocycles. The molecular weight excluding hydrogens is 194 g/mol. The van der Waals surface area contributed by atoms with E-state index in [0.717, 1.165) is 12.8 Å². The number of rotatable bonds is 5. The average molecular weight is 211 g/mol. The molecule has 1 aromatic heterocycles. The van der Waals surface area contributed by atoms with Crippen LogP contribution in [0.15, 0.2) is 12.5 Å². The number of ether oxygens (including phenoxy) is 1. The zero-order valence-corrected chi connectivity index (χ0v) is 9.14. The van der Waals surface area contributed by atoms with Gasteiger partial charge < -0.3 is 15.0 Å². The van der Waals surface area contributed by atoms with Crippen molar-refractivity contribution in [3.8, 4) is 0 Å². The van der Waals surface area contributed by atoms with Gasteiger partial charge in [0.05, 0.1) is 12.9 Å². The number of nitrogens with zero attached hydrogens (tertiary/aromatic N) is 2. The van der Waals surface area contributed by atoms with Crippen LogP contribution >= 0.6 is 0 Å². The topological polar surface area (TPSA) is 70.1 Å². The third-order valence-electron chi connectivity index (χ3n) is 2.10. The lowest BCUT2D eigenvalue weighted by molar-refractivity contribution is -0.147. The summed E-state index contributed by atoms with van der Waals surface area (Å²) in [6.45, 7) is 4.21. The molecule has 0 saturated carbocycles. The molecule has 0 bridgehead atoms. The number of esters is 1. The van der Waals surface area contributed by atoms with E-state index in [2.05, 4.69) is 4.98 Å². The van der Waals surface area contributed by atoms with Crippen molar-refractivity contribution in [1.82, 2.24) is 9.55 Å². The van der Waals surface area contributed by atoms with Gasteiger partial charge in [-0.3, -0.25) is 0 Å². The second-order valence-electron chi connectivity index (χ2n) is 3.30. The quantitative estimate of drug-likeness (QED) is 0.747. The number of hydrogen-bond acceptors (Lipinski definition) is 4. The maximum atomic E-state index is 11.6. The first kappa shape index (κ1) is 11.6. The van der Waals surface area contributed by atoms with E-state index in [-0.39, 0.29) is 12.0 Å².